The highest BCUT2D eigenvalue weighted by atomic mass is 16.4. The first-order valence-corrected chi connectivity index (χ1v) is 12.6. The first-order valence-electron chi connectivity index (χ1n) is 12.6. The second-order valence-corrected chi connectivity index (χ2v) is 9.42. The number of phenolic OH excluding ortho intramolecular Hbond substituents is 1. The number of carboxylic acids is 1. The number of fused-ring (bicyclic) bond motifs is 1. The Labute approximate surface area is 234 Å². The van der Waals surface area contributed by atoms with Crippen LogP contribution < -0.4 is 27.4 Å². The third-order valence-electron chi connectivity index (χ3n) is 6.29. The average molecular weight is 569 g/mol. The minimum absolute atomic E-state index is 0.0249. The van der Waals surface area contributed by atoms with Gasteiger partial charge in [0.25, 0.3) is 0 Å². The molecule has 0 radical (unpaired) electrons. The number of aliphatic hydroxyl groups is 1. The topological polar surface area (TPSA) is 250 Å². The maximum absolute atomic E-state index is 13.4. The summed E-state index contributed by atoms with van der Waals surface area (Å²) in [6, 6.07) is 7.27. The molecule has 11 N–H and O–H groups in total. The van der Waals surface area contributed by atoms with Crippen LogP contribution in [0.15, 0.2) is 54.7 Å². The van der Waals surface area contributed by atoms with E-state index in [1.54, 1.807) is 18.3 Å². The van der Waals surface area contributed by atoms with Gasteiger partial charge in [-0.1, -0.05) is 30.3 Å². The van der Waals surface area contributed by atoms with E-state index in [9.17, 15) is 39.3 Å². The Morgan fingerprint density at radius 2 is 1.44 bits per heavy atom. The fourth-order valence-electron chi connectivity index (χ4n) is 4.11. The van der Waals surface area contributed by atoms with Crippen molar-refractivity contribution in [1.29, 1.82) is 0 Å². The number of aliphatic carboxylic acids is 1. The maximum Gasteiger partial charge on any atom is 0.326 e. The SMILES string of the molecule is NC(=O)CC(NC(=O)C(Cc1c[nH]c2ccccc12)NC(=O)C(N)CO)C(=O)NC(Cc1ccc(O)cc1)C(=O)O. The summed E-state index contributed by atoms with van der Waals surface area (Å²) in [7, 11) is 0. The van der Waals surface area contributed by atoms with E-state index in [1.807, 2.05) is 12.1 Å². The van der Waals surface area contributed by atoms with E-state index in [2.05, 4.69) is 20.9 Å². The van der Waals surface area contributed by atoms with Crippen LogP contribution in [0, 0.1) is 0 Å². The van der Waals surface area contributed by atoms with Gasteiger partial charge in [0.2, 0.25) is 23.6 Å². The molecule has 0 aliphatic carbocycles. The molecule has 14 nitrogen and oxygen atoms in total. The quantitative estimate of drug-likeness (QED) is 0.108. The van der Waals surface area contributed by atoms with Crippen LogP contribution in [-0.4, -0.2) is 80.7 Å². The van der Waals surface area contributed by atoms with Crippen LogP contribution in [-0.2, 0) is 36.8 Å². The number of hydrogen-bond acceptors (Lipinski definition) is 8. The fourth-order valence-corrected chi connectivity index (χ4v) is 4.11. The second kappa shape index (κ2) is 13.9. The number of nitrogens with two attached hydrogens (primary N) is 2. The molecule has 0 spiro atoms. The number of carbonyl (C=O) groups excluding carboxylic acids is 4. The number of primary amides is 1. The third-order valence-corrected chi connectivity index (χ3v) is 6.29. The number of phenols is 1. The first kappa shape index (κ1) is 30.6. The maximum atomic E-state index is 13.4. The van der Waals surface area contributed by atoms with Crippen LogP contribution in [0.5, 0.6) is 5.75 Å². The zero-order chi connectivity index (χ0) is 30.1. The lowest BCUT2D eigenvalue weighted by Gasteiger charge is -2.24. The van der Waals surface area contributed by atoms with E-state index in [4.69, 9.17) is 11.5 Å². The molecule has 0 saturated heterocycles. The summed E-state index contributed by atoms with van der Waals surface area (Å²) in [5.74, 6) is -5.05. The zero-order valence-corrected chi connectivity index (χ0v) is 21.9. The van der Waals surface area contributed by atoms with Crippen molar-refractivity contribution in [3.63, 3.8) is 0 Å². The van der Waals surface area contributed by atoms with E-state index in [-0.39, 0.29) is 18.6 Å². The molecular formula is C27H32N6O8. The minimum atomic E-state index is -1.57. The van der Waals surface area contributed by atoms with E-state index in [0.717, 1.165) is 10.9 Å². The number of aliphatic hydroxyl groups excluding tert-OH is 1. The second-order valence-electron chi connectivity index (χ2n) is 9.42. The highest BCUT2D eigenvalue weighted by Crippen LogP contribution is 2.19. The minimum Gasteiger partial charge on any atom is -0.508 e. The predicted molar refractivity (Wildman–Crippen MR) is 146 cm³/mol. The predicted octanol–water partition coefficient (Wildman–Crippen LogP) is -1.61. The van der Waals surface area contributed by atoms with Crippen molar-refractivity contribution >= 4 is 40.5 Å². The molecular weight excluding hydrogens is 536 g/mol. The Hall–Kier alpha value is -4.95. The summed E-state index contributed by atoms with van der Waals surface area (Å²) in [6.07, 6.45) is 0.782. The van der Waals surface area contributed by atoms with Gasteiger partial charge >= 0.3 is 5.97 Å². The van der Waals surface area contributed by atoms with Crippen LogP contribution in [0.4, 0.5) is 0 Å². The summed E-state index contributed by atoms with van der Waals surface area (Å²) in [6.45, 7) is -0.683. The van der Waals surface area contributed by atoms with Gasteiger partial charge in [-0.2, -0.15) is 0 Å². The van der Waals surface area contributed by atoms with Crippen molar-refractivity contribution < 1.29 is 39.3 Å². The molecule has 1 aromatic heterocycles. The van der Waals surface area contributed by atoms with Gasteiger partial charge in [-0.15, -0.1) is 0 Å². The molecule has 14 heteroatoms. The number of aromatic hydroxyl groups is 1. The van der Waals surface area contributed by atoms with Gasteiger partial charge in [0.15, 0.2) is 0 Å². The van der Waals surface area contributed by atoms with E-state index in [0.29, 0.717) is 11.1 Å². The first-order chi connectivity index (χ1) is 19.5. The monoisotopic (exact) mass is 568 g/mol. The van der Waals surface area contributed by atoms with Crippen molar-refractivity contribution in [1.82, 2.24) is 20.9 Å². The normalized spacial score (nSPS) is 13.9. The molecule has 218 valence electrons. The Morgan fingerprint density at radius 3 is 2.07 bits per heavy atom. The van der Waals surface area contributed by atoms with Gasteiger partial charge in [-0.05, 0) is 29.3 Å². The van der Waals surface area contributed by atoms with Gasteiger partial charge in [0.05, 0.1) is 13.0 Å². The molecule has 0 aliphatic rings. The van der Waals surface area contributed by atoms with Gasteiger partial charge in [-0.25, -0.2) is 4.79 Å². The Morgan fingerprint density at radius 1 is 0.829 bits per heavy atom. The number of aromatic amines is 1. The smallest absolute Gasteiger partial charge is 0.326 e. The lowest BCUT2D eigenvalue weighted by Crippen LogP contribution is -2.58. The Kier molecular flexibility index (Phi) is 10.4. The average Bonchev–Trinajstić information content (AvgIpc) is 3.34. The fraction of sp³-hybridized carbons (Fsp3) is 0.296. The molecule has 2 aromatic carbocycles. The van der Waals surface area contributed by atoms with E-state index >= 15 is 0 Å². The number of carboxylic acid groups (broad SMARTS) is 1. The standard InChI is InChI=1S/C27H32N6O8/c28-18(13-34)24(37)31-20(10-15-12-30-19-4-2-1-3-17(15)19)25(38)32-21(11-23(29)36)26(39)33-22(27(40)41)9-14-5-7-16(35)8-6-14/h1-8,12,18,20-22,30,34-35H,9-11,13,28H2,(H2,29,36)(H,31,37)(H,32,38)(H,33,39)(H,40,41). The highest BCUT2D eigenvalue weighted by molar-refractivity contribution is 5.96. The van der Waals surface area contributed by atoms with Gasteiger partial charge < -0.3 is 47.7 Å². The lowest BCUT2D eigenvalue weighted by atomic mass is 10.0. The number of hydrogen-bond donors (Lipinski definition) is 9. The molecule has 3 rings (SSSR count). The summed E-state index contributed by atoms with van der Waals surface area (Å²) in [4.78, 5) is 65.6. The van der Waals surface area contributed by atoms with Gasteiger partial charge in [0.1, 0.15) is 29.9 Å². The molecule has 0 bridgehead atoms. The number of H-pyrrole nitrogens is 1. The number of amides is 4. The molecule has 4 atom stereocenters. The number of para-hydroxylation sites is 1. The molecule has 1 heterocycles. The van der Waals surface area contributed by atoms with E-state index < -0.39 is 66.8 Å². The summed E-state index contributed by atoms with van der Waals surface area (Å²) in [5.41, 5.74) is 12.8. The zero-order valence-electron chi connectivity index (χ0n) is 21.9. The van der Waals surface area contributed by atoms with Crippen LogP contribution in [0.3, 0.4) is 0 Å². The molecule has 0 saturated carbocycles. The lowest BCUT2D eigenvalue weighted by molar-refractivity contribution is -0.142. The van der Waals surface area contributed by atoms with Crippen molar-refractivity contribution in [2.45, 2.75) is 43.4 Å². The number of rotatable bonds is 14. The van der Waals surface area contributed by atoms with Gasteiger partial charge in [-0.3, -0.25) is 19.2 Å². The van der Waals surface area contributed by atoms with Crippen molar-refractivity contribution in [3.8, 4) is 5.75 Å². The van der Waals surface area contributed by atoms with Crippen molar-refractivity contribution in [2.75, 3.05) is 6.61 Å². The van der Waals surface area contributed by atoms with Gasteiger partial charge in [0, 0.05) is 29.9 Å². The number of aromatic nitrogens is 1. The molecule has 41 heavy (non-hydrogen) atoms. The third kappa shape index (κ3) is 8.52. The van der Waals surface area contributed by atoms with Crippen LogP contribution in [0.1, 0.15) is 17.5 Å². The highest BCUT2D eigenvalue weighted by Gasteiger charge is 2.32. The molecule has 0 fully saturated rings. The van der Waals surface area contributed by atoms with Crippen LogP contribution >= 0.6 is 0 Å². The van der Waals surface area contributed by atoms with E-state index in [1.165, 1.54) is 24.3 Å². The number of carbonyl (C=O) groups is 5. The Balaban J connectivity index is 1.81. The summed E-state index contributed by atoms with van der Waals surface area (Å²) in [5, 5.41) is 36.3. The summed E-state index contributed by atoms with van der Waals surface area (Å²) < 4.78 is 0. The van der Waals surface area contributed by atoms with Crippen molar-refractivity contribution in [2.24, 2.45) is 11.5 Å². The molecule has 4 unspecified atom stereocenters. The Bertz CT molecular complexity index is 1410. The number of nitrogens with one attached hydrogen (secondary N) is 4. The molecule has 3 aromatic rings. The largest absolute Gasteiger partial charge is 0.508 e. The summed E-state index contributed by atoms with van der Waals surface area (Å²) >= 11 is 0. The van der Waals surface area contributed by atoms with Crippen molar-refractivity contribution in [3.05, 3.63) is 65.9 Å². The van der Waals surface area contributed by atoms with Crippen LogP contribution in [0.2, 0.25) is 0 Å². The molecule has 0 aliphatic heterocycles. The van der Waals surface area contributed by atoms with Crippen LogP contribution in [0.25, 0.3) is 10.9 Å². The molecule has 4 amide bonds. The number of benzene rings is 2.